The van der Waals surface area contributed by atoms with E-state index in [2.05, 4.69) is 22.0 Å². The van der Waals surface area contributed by atoms with Crippen molar-refractivity contribution >= 4 is 11.3 Å². The molecule has 1 aliphatic rings. The lowest BCUT2D eigenvalue weighted by molar-refractivity contribution is 0.230. The molecule has 2 N–H and O–H groups in total. The Bertz CT molecular complexity index is 610. The molecule has 0 spiro atoms. The summed E-state index contributed by atoms with van der Waals surface area (Å²) < 4.78 is 5.42. The average molecular weight is 292 g/mol. The Labute approximate surface area is 122 Å². The van der Waals surface area contributed by atoms with E-state index in [0.717, 1.165) is 47.2 Å². The Kier molecular flexibility index (Phi) is 3.38. The Balaban J connectivity index is 1.89. The van der Waals surface area contributed by atoms with Crippen molar-refractivity contribution in [1.29, 1.82) is 0 Å². The molecule has 3 rings (SSSR count). The lowest BCUT2D eigenvalue weighted by atomic mass is 9.77. The van der Waals surface area contributed by atoms with Crippen LogP contribution in [0.15, 0.2) is 4.52 Å². The fourth-order valence-electron chi connectivity index (χ4n) is 2.75. The van der Waals surface area contributed by atoms with E-state index in [-0.39, 0.29) is 0 Å². The molecule has 0 aromatic carbocycles. The Hall–Kier alpha value is -1.27. The summed E-state index contributed by atoms with van der Waals surface area (Å²) in [4.78, 5) is 9.89. The molecule has 0 amide bonds. The molecule has 1 aliphatic carbocycles. The van der Waals surface area contributed by atoms with Gasteiger partial charge in [0.15, 0.2) is 5.82 Å². The van der Waals surface area contributed by atoms with Crippen LogP contribution in [0.3, 0.4) is 0 Å². The third-order valence-electron chi connectivity index (χ3n) is 4.14. The molecule has 0 atom stereocenters. The first-order chi connectivity index (χ1) is 9.48. The van der Waals surface area contributed by atoms with Crippen molar-refractivity contribution in [3.8, 4) is 10.8 Å². The van der Waals surface area contributed by atoms with Crippen molar-refractivity contribution in [2.24, 2.45) is 11.7 Å². The molecule has 2 heterocycles. The smallest absolute Gasteiger partial charge is 0.269 e. The van der Waals surface area contributed by atoms with Crippen LogP contribution in [0.25, 0.3) is 10.8 Å². The van der Waals surface area contributed by atoms with Crippen molar-refractivity contribution in [2.75, 3.05) is 0 Å². The number of nitrogens with zero attached hydrogens (tertiary/aromatic N) is 3. The van der Waals surface area contributed by atoms with Gasteiger partial charge in [-0.1, -0.05) is 12.1 Å². The van der Waals surface area contributed by atoms with Crippen LogP contribution in [0.5, 0.6) is 0 Å². The van der Waals surface area contributed by atoms with Crippen molar-refractivity contribution in [3.63, 3.8) is 0 Å². The minimum Gasteiger partial charge on any atom is -0.333 e. The Morgan fingerprint density at radius 3 is 2.55 bits per heavy atom. The summed E-state index contributed by atoms with van der Waals surface area (Å²) in [6.07, 6.45) is 4.10. The van der Waals surface area contributed by atoms with Crippen LogP contribution in [0.4, 0.5) is 0 Å². The van der Waals surface area contributed by atoms with E-state index in [9.17, 15) is 0 Å². The molecular weight excluding hydrogens is 272 g/mol. The lowest BCUT2D eigenvalue weighted by Gasteiger charge is -2.33. The number of rotatable bonds is 2. The van der Waals surface area contributed by atoms with E-state index in [1.54, 1.807) is 11.3 Å². The van der Waals surface area contributed by atoms with Crippen LogP contribution in [0.1, 0.15) is 49.1 Å². The summed E-state index contributed by atoms with van der Waals surface area (Å²) >= 11 is 1.58. The summed E-state index contributed by atoms with van der Waals surface area (Å²) in [5.41, 5.74) is 6.99. The van der Waals surface area contributed by atoms with Crippen LogP contribution in [0, 0.1) is 19.8 Å². The van der Waals surface area contributed by atoms with Crippen molar-refractivity contribution in [1.82, 2.24) is 15.1 Å². The molecule has 1 fully saturated rings. The SMILES string of the molecule is Cc1nc(C)c(-c2nc(C3(N)CCC(C)CC3)no2)s1. The summed E-state index contributed by atoms with van der Waals surface area (Å²) in [5, 5.41) is 5.14. The molecule has 108 valence electrons. The highest BCUT2D eigenvalue weighted by molar-refractivity contribution is 7.15. The van der Waals surface area contributed by atoms with Crippen LogP contribution in [-0.2, 0) is 5.54 Å². The van der Waals surface area contributed by atoms with Gasteiger partial charge in [0.25, 0.3) is 5.89 Å². The summed E-state index contributed by atoms with van der Waals surface area (Å²) in [6, 6.07) is 0. The molecule has 5 nitrogen and oxygen atoms in total. The minimum absolute atomic E-state index is 0.429. The quantitative estimate of drug-likeness (QED) is 0.919. The molecule has 0 radical (unpaired) electrons. The highest BCUT2D eigenvalue weighted by Crippen LogP contribution is 2.37. The van der Waals surface area contributed by atoms with Crippen molar-refractivity contribution in [2.45, 2.75) is 52.0 Å². The Morgan fingerprint density at radius 1 is 1.25 bits per heavy atom. The van der Waals surface area contributed by atoms with Gasteiger partial charge in [-0.25, -0.2) is 4.98 Å². The Morgan fingerprint density at radius 2 is 1.95 bits per heavy atom. The number of hydrogen-bond acceptors (Lipinski definition) is 6. The molecular formula is C14H20N4OS. The zero-order valence-electron chi connectivity index (χ0n) is 12.1. The maximum absolute atomic E-state index is 6.48. The molecule has 6 heteroatoms. The van der Waals surface area contributed by atoms with Gasteiger partial charge in [0.05, 0.1) is 16.2 Å². The maximum Gasteiger partial charge on any atom is 0.269 e. The van der Waals surface area contributed by atoms with Crippen LogP contribution in [-0.4, -0.2) is 15.1 Å². The molecule has 0 unspecified atom stereocenters. The molecule has 20 heavy (non-hydrogen) atoms. The highest BCUT2D eigenvalue weighted by Gasteiger charge is 2.36. The largest absolute Gasteiger partial charge is 0.333 e. The van der Waals surface area contributed by atoms with Gasteiger partial charge in [-0.15, -0.1) is 11.3 Å². The van der Waals surface area contributed by atoms with Gasteiger partial charge in [0.1, 0.15) is 4.88 Å². The molecule has 1 saturated carbocycles. The van der Waals surface area contributed by atoms with E-state index in [1.165, 1.54) is 0 Å². The van der Waals surface area contributed by atoms with Crippen LogP contribution in [0.2, 0.25) is 0 Å². The number of nitrogens with two attached hydrogens (primary N) is 1. The zero-order chi connectivity index (χ0) is 14.3. The fraction of sp³-hybridized carbons (Fsp3) is 0.643. The first-order valence-corrected chi connectivity index (χ1v) is 7.87. The highest BCUT2D eigenvalue weighted by atomic mass is 32.1. The average Bonchev–Trinajstić information content (AvgIpc) is 3.00. The predicted octanol–water partition coefficient (Wildman–Crippen LogP) is 3.17. The summed E-state index contributed by atoms with van der Waals surface area (Å²) in [7, 11) is 0. The lowest BCUT2D eigenvalue weighted by Crippen LogP contribution is -2.41. The second-order valence-electron chi connectivity index (χ2n) is 5.91. The second kappa shape index (κ2) is 4.93. The molecule has 0 aliphatic heterocycles. The van der Waals surface area contributed by atoms with Gasteiger partial charge >= 0.3 is 0 Å². The number of aryl methyl sites for hydroxylation is 2. The third-order valence-corrected chi connectivity index (χ3v) is 5.20. The van der Waals surface area contributed by atoms with Gasteiger partial charge in [0, 0.05) is 0 Å². The van der Waals surface area contributed by atoms with Gasteiger partial charge in [0.2, 0.25) is 0 Å². The monoisotopic (exact) mass is 292 g/mol. The topological polar surface area (TPSA) is 77.8 Å². The van der Waals surface area contributed by atoms with Gasteiger partial charge in [-0.3, -0.25) is 0 Å². The minimum atomic E-state index is -0.429. The molecule has 2 aromatic heterocycles. The number of aromatic nitrogens is 3. The van der Waals surface area contributed by atoms with Crippen molar-refractivity contribution < 1.29 is 4.52 Å². The second-order valence-corrected chi connectivity index (χ2v) is 7.11. The normalized spacial score (nSPS) is 26.9. The first-order valence-electron chi connectivity index (χ1n) is 7.05. The number of hydrogen-bond donors (Lipinski definition) is 1. The molecule has 0 saturated heterocycles. The number of thiazole rings is 1. The van der Waals surface area contributed by atoms with Gasteiger partial charge < -0.3 is 10.3 Å². The van der Waals surface area contributed by atoms with Crippen LogP contribution >= 0.6 is 11.3 Å². The van der Waals surface area contributed by atoms with E-state index in [0.29, 0.717) is 11.7 Å². The third kappa shape index (κ3) is 2.38. The van der Waals surface area contributed by atoms with E-state index in [1.807, 2.05) is 13.8 Å². The van der Waals surface area contributed by atoms with E-state index in [4.69, 9.17) is 10.3 Å². The van der Waals surface area contributed by atoms with Crippen molar-refractivity contribution in [3.05, 3.63) is 16.5 Å². The summed E-state index contributed by atoms with van der Waals surface area (Å²) in [5.74, 6) is 1.93. The van der Waals surface area contributed by atoms with E-state index < -0.39 is 5.54 Å². The predicted molar refractivity (Wildman–Crippen MR) is 78.4 cm³/mol. The standard InChI is InChI=1S/C14H20N4OS/c1-8-4-6-14(15,7-5-8)13-17-12(19-18-13)11-9(2)16-10(3)20-11/h8H,4-7,15H2,1-3H3. The zero-order valence-corrected chi connectivity index (χ0v) is 13.0. The fourth-order valence-corrected chi connectivity index (χ4v) is 3.59. The maximum atomic E-state index is 6.48. The van der Waals surface area contributed by atoms with Gasteiger partial charge in [-0.05, 0) is 45.4 Å². The van der Waals surface area contributed by atoms with Gasteiger partial charge in [-0.2, -0.15) is 4.98 Å². The molecule has 2 aromatic rings. The molecule has 0 bridgehead atoms. The van der Waals surface area contributed by atoms with Crippen LogP contribution < -0.4 is 5.73 Å². The summed E-state index contributed by atoms with van der Waals surface area (Å²) in [6.45, 7) is 6.21. The first kappa shape index (κ1) is 13.7. The van der Waals surface area contributed by atoms with E-state index >= 15 is 0 Å².